The summed E-state index contributed by atoms with van der Waals surface area (Å²) in [6, 6.07) is 14.8. The van der Waals surface area contributed by atoms with Crippen LogP contribution in [0.4, 0.5) is 0 Å². The predicted molar refractivity (Wildman–Crippen MR) is 87.0 cm³/mol. The third kappa shape index (κ3) is 4.45. The molecule has 0 aromatic heterocycles. The van der Waals surface area contributed by atoms with E-state index in [4.69, 9.17) is 0 Å². The smallest absolute Gasteiger partial charge is 0.251 e. The van der Waals surface area contributed by atoms with Crippen molar-refractivity contribution < 1.29 is 9.59 Å². The molecule has 0 heterocycles. The summed E-state index contributed by atoms with van der Waals surface area (Å²) in [6.07, 6.45) is 0. The maximum atomic E-state index is 11.9. The summed E-state index contributed by atoms with van der Waals surface area (Å²) in [5, 5.41) is 5.58. The van der Waals surface area contributed by atoms with Crippen molar-refractivity contribution in [2.75, 3.05) is 13.1 Å². The molecule has 0 bridgehead atoms. The number of hydrogen-bond donors (Lipinski definition) is 2. The Morgan fingerprint density at radius 3 is 1.55 bits per heavy atom. The van der Waals surface area contributed by atoms with Crippen LogP contribution in [0.25, 0.3) is 0 Å². The molecule has 4 heteroatoms. The van der Waals surface area contributed by atoms with Crippen LogP contribution < -0.4 is 10.6 Å². The summed E-state index contributed by atoms with van der Waals surface area (Å²) in [5.41, 5.74) is 3.34. The lowest BCUT2D eigenvalue weighted by atomic mass is 10.1. The Morgan fingerprint density at radius 2 is 1.18 bits per heavy atom. The molecule has 114 valence electrons. The molecule has 0 saturated heterocycles. The van der Waals surface area contributed by atoms with Crippen LogP contribution in [-0.2, 0) is 0 Å². The minimum absolute atomic E-state index is 0.131. The standard InChI is InChI=1S/C18H20N2O2/c1-13-5-3-7-15(11-13)17(21)19-9-10-20-18(22)16-8-4-6-14(2)12-16/h3-8,11-12H,9-10H2,1-2H3,(H,19,21)(H,20,22). The first kappa shape index (κ1) is 15.8. The van der Waals surface area contributed by atoms with E-state index in [0.29, 0.717) is 24.2 Å². The molecule has 0 unspecified atom stereocenters. The van der Waals surface area contributed by atoms with E-state index in [1.165, 1.54) is 0 Å². The van der Waals surface area contributed by atoms with E-state index in [0.717, 1.165) is 11.1 Å². The van der Waals surface area contributed by atoms with Crippen LogP contribution in [0.15, 0.2) is 48.5 Å². The van der Waals surface area contributed by atoms with E-state index in [2.05, 4.69) is 10.6 Å². The van der Waals surface area contributed by atoms with Gasteiger partial charge in [-0.15, -0.1) is 0 Å². The normalized spacial score (nSPS) is 10.1. The number of carbonyl (C=O) groups is 2. The van der Waals surface area contributed by atoms with Gasteiger partial charge in [0.25, 0.3) is 11.8 Å². The average molecular weight is 296 g/mol. The number of nitrogens with one attached hydrogen (secondary N) is 2. The highest BCUT2D eigenvalue weighted by atomic mass is 16.2. The molecule has 2 aromatic carbocycles. The first-order chi connectivity index (χ1) is 10.6. The van der Waals surface area contributed by atoms with Gasteiger partial charge in [0.2, 0.25) is 0 Å². The van der Waals surface area contributed by atoms with Crippen molar-refractivity contribution in [1.29, 1.82) is 0 Å². The maximum Gasteiger partial charge on any atom is 0.251 e. The maximum absolute atomic E-state index is 11.9. The zero-order chi connectivity index (χ0) is 15.9. The molecule has 2 amide bonds. The molecule has 2 rings (SSSR count). The minimum Gasteiger partial charge on any atom is -0.350 e. The summed E-state index contributed by atoms with van der Waals surface area (Å²) >= 11 is 0. The van der Waals surface area contributed by atoms with Crippen molar-refractivity contribution in [2.45, 2.75) is 13.8 Å². The summed E-state index contributed by atoms with van der Waals surface area (Å²) in [4.78, 5) is 23.9. The van der Waals surface area contributed by atoms with Gasteiger partial charge in [-0.2, -0.15) is 0 Å². The summed E-state index contributed by atoms with van der Waals surface area (Å²) < 4.78 is 0. The lowest BCUT2D eigenvalue weighted by molar-refractivity contribution is 0.0927. The molecule has 2 N–H and O–H groups in total. The van der Waals surface area contributed by atoms with E-state index in [-0.39, 0.29) is 11.8 Å². The highest BCUT2D eigenvalue weighted by Gasteiger charge is 2.06. The molecule has 2 aromatic rings. The highest BCUT2D eigenvalue weighted by molar-refractivity contribution is 5.95. The third-order valence-electron chi connectivity index (χ3n) is 3.26. The van der Waals surface area contributed by atoms with Crippen molar-refractivity contribution >= 4 is 11.8 Å². The Morgan fingerprint density at radius 1 is 0.773 bits per heavy atom. The van der Waals surface area contributed by atoms with Crippen LogP contribution in [0.2, 0.25) is 0 Å². The van der Waals surface area contributed by atoms with Crippen molar-refractivity contribution in [1.82, 2.24) is 10.6 Å². The third-order valence-corrected chi connectivity index (χ3v) is 3.26. The molecular weight excluding hydrogens is 276 g/mol. The van der Waals surface area contributed by atoms with E-state index in [9.17, 15) is 9.59 Å². The van der Waals surface area contributed by atoms with Crippen molar-refractivity contribution in [2.24, 2.45) is 0 Å². The average Bonchev–Trinajstić information content (AvgIpc) is 2.51. The molecule has 0 atom stereocenters. The number of benzene rings is 2. The van der Waals surface area contributed by atoms with Gasteiger partial charge in [-0.05, 0) is 38.1 Å². The fourth-order valence-corrected chi connectivity index (χ4v) is 2.13. The van der Waals surface area contributed by atoms with Gasteiger partial charge in [0.15, 0.2) is 0 Å². The molecule has 4 nitrogen and oxygen atoms in total. The molecule has 0 spiro atoms. The van der Waals surface area contributed by atoms with Crippen LogP contribution in [0.5, 0.6) is 0 Å². The van der Waals surface area contributed by atoms with Gasteiger partial charge in [-0.1, -0.05) is 35.4 Å². The molecule has 0 aliphatic heterocycles. The zero-order valence-electron chi connectivity index (χ0n) is 12.8. The number of hydrogen-bond acceptors (Lipinski definition) is 2. The van der Waals surface area contributed by atoms with Gasteiger partial charge in [0.05, 0.1) is 0 Å². The Hall–Kier alpha value is -2.62. The minimum atomic E-state index is -0.131. The molecule has 0 fully saturated rings. The molecule has 0 saturated carbocycles. The van der Waals surface area contributed by atoms with Crippen molar-refractivity contribution in [3.8, 4) is 0 Å². The quantitative estimate of drug-likeness (QED) is 0.833. The van der Waals surface area contributed by atoms with Crippen molar-refractivity contribution in [3.63, 3.8) is 0 Å². The lowest BCUT2D eigenvalue weighted by Gasteiger charge is -2.08. The molecule has 0 radical (unpaired) electrons. The number of carbonyl (C=O) groups excluding carboxylic acids is 2. The first-order valence-corrected chi connectivity index (χ1v) is 7.26. The Bertz CT molecular complexity index is 621. The second-order valence-corrected chi connectivity index (χ2v) is 5.25. The van der Waals surface area contributed by atoms with Crippen LogP contribution in [-0.4, -0.2) is 24.9 Å². The summed E-state index contributed by atoms with van der Waals surface area (Å²) in [7, 11) is 0. The topological polar surface area (TPSA) is 58.2 Å². The summed E-state index contributed by atoms with van der Waals surface area (Å²) in [6.45, 7) is 4.67. The van der Waals surface area contributed by atoms with Crippen LogP contribution in [0, 0.1) is 13.8 Å². The number of amides is 2. The zero-order valence-corrected chi connectivity index (χ0v) is 12.8. The second kappa shape index (κ2) is 7.41. The molecule has 0 aliphatic rings. The lowest BCUT2D eigenvalue weighted by Crippen LogP contribution is -2.34. The van der Waals surface area contributed by atoms with Gasteiger partial charge in [-0.25, -0.2) is 0 Å². The Labute approximate surface area is 130 Å². The first-order valence-electron chi connectivity index (χ1n) is 7.26. The fraction of sp³-hybridized carbons (Fsp3) is 0.222. The van der Waals surface area contributed by atoms with Crippen LogP contribution >= 0.6 is 0 Å². The Balaban J connectivity index is 1.77. The van der Waals surface area contributed by atoms with Gasteiger partial charge in [-0.3, -0.25) is 9.59 Å². The van der Waals surface area contributed by atoms with Crippen LogP contribution in [0.1, 0.15) is 31.8 Å². The predicted octanol–water partition coefficient (Wildman–Crippen LogP) is 2.46. The largest absolute Gasteiger partial charge is 0.350 e. The van der Waals surface area contributed by atoms with Crippen molar-refractivity contribution in [3.05, 3.63) is 70.8 Å². The fourth-order valence-electron chi connectivity index (χ4n) is 2.13. The van der Waals surface area contributed by atoms with E-state index < -0.39 is 0 Å². The van der Waals surface area contributed by atoms with Gasteiger partial charge in [0.1, 0.15) is 0 Å². The van der Waals surface area contributed by atoms with E-state index >= 15 is 0 Å². The highest BCUT2D eigenvalue weighted by Crippen LogP contribution is 2.04. The van der Waals surface area contributed by atoms with Gasteiger partial charge >= 0.3 is 0 Å². The number of rotatable bonds is 5. The van der Waals surface area contributed by atoms with Crippen LogP contribution in [0.3, 0.4) is 0 Å². The molecule has 0 aliphatic carbocycles. The molecular formula is C18H20N2O2. The van der Waals surface area contributed by atoms with Gasteiger partial charge < -0.3 is 10.6 Å². The monoisotopic (exact) mass is 296 g/mol. The summed E-state index contributed by atoms with van der Waals surface area (Å²) in [5.74, 6) is -0.262. The SMILES string of the molecule is Cc1cccc(C(=O)NCCNC(=O)c2cccc(C)c2)c1. The number of aryl methyl sites for hydroxylation is 2. The van der Waals surface area contributed by atoms with Gasteiger partial charge in [0, 0.05) is 24.2 Å². The second-order valence-electron chi connectivity index (χ2n) is 5.25. The van der Waals surface area contributed by atoms with E-state index in [1.807, 2.05) is 50.2 Å². The van der Waals surface area contributed by atoms with E-state index in [1.54, 1.807) is 12.1 Å². The molecule has 22 heavy (non-hydrogen) atoms. The Kier molecular flexibility index (Phi) is 5.31.